The molecule has 0 saturated carbocycles. The number of fused-ring (bicyclic) bond motifs is 4. The van der Waals surface area contributed by atoms with Crippen molar-refractivity contribution in [1.82, 2.24) is 20.2 Å². The molecule has 1 aromatic heterocycles. The van der Waals surface area contributed by atoms with Crippen molar-refractivity contribution in [2.75, 3.05) is 49.6 Å². The lowest BCUT2D eigenvalue weighted by molar-refractivity contribution is 0.187. The van der Waals surface area contributed by atoms with Gasteiger partial charge in [-0.1, -0.05) is 30.3 Å². The number of piperazine rings is 1. The van der Waals surface area contributed by atoms with Gasteiger partial charge >= 0.3 is 6.01 Å². The zero-order valence-electron chi connectivity index (χ0n) is 21.4. The molecule has 4 aliphatic rings. The monoisotopic (exact) mass is 484 g/mol. The van der Waals surface area contributed by atoms with E-state index in [9.17, 15) is 0 Å². The zero-order valence-corrected chi connectivity index (χ0v) is 21.4. The number of anilines is 2. The third-order valence-electron chi connectivity index (χ3n) is 8.86. The van der Waals surface area contributed by atoms with Gasteiger partial charge in [0.15, 0.2) is 0 Å². The summed E-state index contributed by atoms with van der Waals surface area (Å²) in [5, 5.41) is 6.28. The predicted molar refractivity (Wildman–Crippen MR) is 144 cm³/mol. The number of aromatic nitrogens is 2. The predicted octanol–water partition coefficient (Wildman–Crippen LogP) is 3.52. The van der Waals surface area contributed by atoms with E-state index in [4.69, 9.17) is 14.7 Å². The Kier molecular flexibility index (Phi) is 5.51. The van der Waals surface area contributed by atoms with Gasteiger partial charge in [-0.2, -0.15) is 9.97 Å². The normalized spacial score (nSPS) is 25.7. The van der Waals surface area contributed by atoms with Crippen LogP contribution >= 0.6 is 0 Å². The second kappa shape index (κ2) is 8.89. The van der Waals surface area contributed by atoms with Gasteiger partial charge in [-0.15, -0.1) is 0 Å². The molecular formula is C29H36N6O. The second-order valence-corrected chi connectivity index (χ2v) is 11.1. The highest BCUT2D eigenvalue weighted by Gasteiger charge is 2.40. The Morgan fingerprint density at radius 2 is 2.00 bits per heavy atom. The molecule has 7 nitrogen and oxygen atoms in total. The summed E-state index contributed by atoms with van der Waals surface area (Å²) in [6.45, 7) is 7.87. The molecule has 3 aromatic rings. The molecule has 0 spiro atoms. The fraction of sp³-hybridized carbons (Fsp3) is 0.517. The van der Waals surface area contributed by atoms with Gasteiger partial charge in [0.25, 0.3) is 0 Å². The van der Waals surface area contributed by atoms with Crippen molar-refractivity contribution in [3.63, 3.8) is 0 Å². The minimum atomic E-state index is 0.454. The van der Waals surface area contributed by atoms with E-state index in [0.29, 0.717) is 30.7 Å². The van der Waals surface area contributed by atoms with Gasteiger partial charge in [0, 0.05) is 54.4 Å². The molecule has 0 amide bonds. The smallest absolute Gasteiger partial charge is 0.318 e. The average Bonchev–Trinajstić information content (AvgIpc) is 3.64. The van der Waals surface area contributed by atoms with Crippen molar-refractivity contribution in [3.8, 4) is 6.01 Å². The largest absolute Gasteiger partial charge is 0.462 e. The average molecular weight is 485 g/mol. The lowest BCUT2D eigenvalue weighted by Crippen LogP contribution is -2.45. The fourth-order valence-electron chi connectivity index (χ4n) is 6.85. The number of hydrogen-bond donors (Lipinski definition) is 1. The number of nitrogens with one attached hydrogen (secondary N) is 1. The van der Waals surface area contributed by atoms with Gasteiger partial charge in [0.1, 0.15) is 12.4 Å². The highest BCUT2D eigenvalue weighted by molar-refractivity contribution is 5.97. The lowest BCUT2D eigenvalue weighted by atomic mass is 9.99. The number of nitrogens with zero attached hydrogens (tertiary/aromatic N) is 5. The first-order valence-corrected chi connectivity index (χ1v) is 13.6. The molecule has 3 saturated heterocycles. The molecule has 2 bridgehead atoms. The highest BCUT2D eigenvalue weighted by Crippen LogP contribution is 2.37. The number of benzene rings is 2. The van der Waals surface area contributed by atoms with E-state index in [1.165, 1.54) is 46.8 Å². The summed E-state index contributed by atoms with van der Waals surface area (Å²) >= 11 is 0. The summed E-state index contributed by atoms with van der Waals surface area (Å²) < 4.78 is 6.31. The highest BCUT2D eigenvalue weighted by atomic mass is 16.5. The van der Waals surface area contributed by atoms with Crippen LogP contribution in [0.25, 0.3) is 10.8 Å². The van der Waals surface area contributed by atoms with Gasteiger partial charge in [0.2, 0.25) is 0 Å². The van der Waals surface area contributed by atoms with E-state index < -0.39 is 0 Å². The molecule has 7 heteroatoms. The van der Waals surface area contributed by atoms with Crippen molar-refractivity contribution in [2.45, 2.75) is 57.3 Å². The van der Waals surface area contributed by atoms with Crippen molar-refractivity contribution < 1.29 is 4.74 Å². The minimum absolute atomic E-state index is 0.454. The first-order valence-electron chi connectivity index (χ1n) is 13.6. The van der Waals surface area contributed by atoms with Crippen LogP contribution in [0.2, 0.25) is 0 Å². The maximum absolute atomic E-state index is 6.31. The van der Waals surface area contributed by atoms with E-state index in [1.54, 1.807) is 0 Å². The Morgan fingerprint density at radius 1 is 1.11 bits per heavy atom. The number of ether oxygens (including phenoxy) is 1. The van der Waals surface area contributed by atoms with E-state index in [1.807, 2.05) is 0 Å². The van der Waals surface area contributed by atoms with E-state index >= 15 is 0 Å². The zero-order chi connectivity index (χ0) is 24.2. The maximum atomic E-state index is 6.31. The molecule has 7 rings (SSSR count). The standard InChI is InChI=1S/C29H36N6O/c1-19-6-3-7-20-8-4-10-26(27(19)20)34-13-11-24-25(17-34)31-29(36-18-22-9-5-12-33(22)2)32-28(24)35-16-21-14-23(35)15-30-21/h3-4,6-8,10,21-23,30H,5,9,11-18H2,1-2H3. The van der Waals surface area contributed by atoms with E-state index in [-0.39, 0.29) is 0 Å². The molecule has 188 valence electrons. The maximum Gasteiger partial charge on any atom is 0.318 e. The molecule has 0 aliphatic carbocycles. The van der Waals surface area contributed by atoms with Crippen LogP contribution in [0.1, 0.15) is 36.1 Å². The topological polar surface area (TPSA) is 56.8 Å². The first-order chi connectivity index (χ1) is 17.6. The number of likely N-dealkylation sites (N-methyl/N-ethyl adjacent to an activating group) is 1. The van der Waals surface area contributed by atoms with E-state index in [0.717, 1.165) is 50.7 Å². The molecule has 3 atom stereocenters. The third kappa shape index (κ3) is 3.80. The van der Waals surface area contributed by atoms with Gasteiger partial charge in [-0.3, -0.25) is 0 Å². The molecule has 0 radical (unpaired) electrons. The van der Waals surface area contributed by atoms with Crippen LogP contribution in [0.15, 0.2) is 36.4 Å². The molecule has 36 heavy (non-hydrogen) atoms. The van der Waals surface area contributed by atoms with Crippen LogP contribution in [0.4, 0.5) is 11.5 Å². The molecular weight excluding hydrogens is 448 g/mol. The van der Waals surface area contributed by atoms with Gasteiger partial charge in [-0.25, -0.2) is 0 Å². The van der Waals surface area contributed by atoms with Crippen LogP contribution < -0.4 is 19.9 Å². The summed E-state index contributed by atoms with van der Waals surface area (Å²) in [6, 6.07) is 15.4. The summed E-state index contributed by atoms with van der Waals surface area (Å²) in [5.41, 5.74) is 5.07. The Bertz CT molecular complexity index is 1290. The van der Waals surface area contributed by atoms with E-state index in [2.05, 4.69) is 70.4 Å². The Morgan fingerprint density at radius 3 is 2.78 bits per heavy atom. The van der Waals surface area contributed by atoms with Crippen LogP contribution in [0, 0.1) is 6.92 Å². The SMILES string of the molecule is Cc1cccc2cccc(N3CCc4c(nc(OCC5CCCN5C)nc4N4CC5CC4CN5)C3)c12. The number of hydrogen-bond acceptors (Lipinski definition) is 7. The van der Waals surface area contributed by atoms with Crippen LogP contribution in [0.3, 0.4) is 0 Å². The van der Waals surface area contributed by atoms with Gasteiger partial charge < -0.3 is 24.8 Å². The second-order valence-electron chi connectivity index (χ2n) is 11.1. The number of rotatable bonds is 5. The Hall–Kier alpha value is -2.90. The number of likely N-dealkylation sites (tertiary alicyclic amines) is 1. The Labute approximate surface area is 213 Å². The quantitative estimate of drug-likeness (QED) is 0.595. The molecule has 3 fully saturated rings. The summed E-state index contributed by atoms with van der Waals surface area (Å²) in [4.78, 5) is 17.5. The van der Waals surface area contributed by atoms with Gasteiger partial charge in [0.05, 0.1) is 12.2 Å². The summed E-state index contributed by atoms with van der Waals surface area (Å²) in [7, 11) is 2.19. The Balaban J connectivity index is 1.24. The number of aryl methyl sites for hydroxylation is 1. The molecule has 4 aliphatic heterocycles. The fourth-order valence-corrected chi connectivity index (χ4v) is 6.85. The van der Waals surface area contributed by atoms with Crippen molar-refractivity contribution in [1.29, 1.82) is 0 Å². The van der Waals surface area contributed by atoms with Crippen molar-refractivity contribution in [3.05, 3.63) is 53.2 Å². The third-order valence-corrected chi connectivity index (χ3v) is 8.86. The molecule has 1 N–H and O–H groups in total. The molecule has 3 unspecified atom stereocenters. The van der Waals surface area contributed by atoms with Crippen LogP contribution in [-0.4, -0.2) is 72.8 Å². The summed E-state index contributed by atoms with van der Waals surface area (Å²) in [6.07, 6.45) is 4.59. The van der Waals surface area contributed by atoms with Gasteiger partial charge in [-0.05, 0) is 63.2 Å². The molecule has 2 aromatic carbocycles. The molecule has 5 heterocycles. The summed E-state index contributed by atoms with van der Waals surface area (Å²) in [5.74, 6) is 1.12. The minimum Gasteiger partial charge on any atom is -0.462 e. The lowest BCUT2D eigenvalue weighted by Gasteiger charge is -2.35. The first kappa shape index (κ1) is 22.3. The van der Waals surface area contributed by atoms with Crippen molar-refractivity contribution in [2.24, 2.45) is 0 Å². The van der Waals surface area contributed by atoms with Crippen molar-refractivity contribution >= 4 is 22.3 Å². The van der Waals surface area contributed by atoms with Crippen LogP contribution in [-0.2, 0) is 13.0 Å². The van der Waals surface area contributed by atoms with Crippen LogP contribution in [0.5, 0.6) is 6.01 Å².